The number of aryl methyl sites for hydroxylation is 1. The van der Waals surface area contributed by atoms with Gasteiger partial charge in [0.15, 0.2) is 5.58 Å². The van der Waals surface area contributed by atoms with Gasteiger partial charge in [-0.1, -0.05) is 140 Å². The van der Waals surface area contributed by atoms with Crippen LogP contribution in [0.5, 0.6) is 0 Å². The van der Waals surface area contributed by atoms with Crippen LogP contribution < -0.4 is 31.1 Å². The van der Waals surface area contributed by atoms with Crippen LogP contribution in [0.1, 0.15) is 103 Å². The minimum atomic E-state index is -0.103. The Kier molecular flexibility index (Phi) is 8.90. The Morgan fingerprint density at radius 3 is 1.97 bits per heavy atom. The van der Waals surface area contributed by atoms with Crippen LogP contribution in [-0.4, -0.2) is 12.3 Å². The van der Waals surface area contributed by atoms with Gasteiger partial charge in [0.1, 0.15) is 5.58 Å². The predicted molar refractivity (Wildman–Crippen MR) is 306 cm³/mol. The number of hydrogen-bond acceptors (Lipinski definition) is 5. The number of hydrogen-bond donors (Lipinski definition) is 0. The van der Waals surface area contributed by atoms with Crippen molar-refractivity contribution >= 4 is 122 Å². The molecule has 4 nitrogen and oxygen atoms in total. The summed E-state index contributed by atoms with van der Waals surface area (Å²) in [5.74, 6) is 0. The normalized spacial score (nSPS) is 19.4. The number of furan rings is 1. The van der Waals surface area contributed by atoms with Crippen LogP contribution in [-0.2, 0) is 16.2 Å². The van der Waals surface area contributed by atoms with E-state index >= 15 is 0 Å². The Hall–Kier alpha value is -6.76. The quantitative estimate of drug-likeness (QED) is 0.165. The van der Waals surface area contributed by atoms with Gasteiger partial charge >= 0.3 is 0 Å². The lowest BCUT2D eigenvalue weighted by Crippen LogP contribution is -2.61. The van der Waals surface area contributed by atoms with E-state index in [1.807, 2.05) is 11.3 Å². The summed E-state index contributed by atoms with van der Waals surface area (Å²) < 4.78 is 9.64. The van der Waals surface area contributed by atoms with Gasteiger partial charge in [-0.2, -0.15) is 0 Å². The first-order valence-electron chi connectivity index (χ1n) is 25.9. The molecular weight excluding hydrogens is 882 g/mol. The van der Waals surface area contributed by atoms with Gasteiger partial charge in [-0.15, -0.1) is 11.3 Å². The highest BCUT2D eigenvalue weighted by molar-refractivity contribution is 7.25. The molecule has 6 heteroatoms. The number of fused-ring (bicyclic) bond motifs is 13. The highest BCUT2D eigenvalue weighted by Gasteiger charge is 2.58. The van der Waals surface area contributed by atoms with Crippen molar-refractivity contribution in [2.75, 3.05) is 14.7 Å². The highest BCUT2D eigenvalue weighted by Crippen LogP contribution is 2.62. The number of benzene rings is 8. The fourth-order valence-electron chi connectivity index (χ4n) is 13.6. The zero-order valence-electron chi connectivity index (χ0n) is 42.5. The van der Waals surface area contributed by atoms with Crippen LogP contribution in [0, 0.1) is 6.92 Å². The zero-order chi connectivity index (χ0) is 48.5. The molecule has 5 heterocycles. The van der Waals surface area contributed by atoms with Gasteiger partial charge in [-0.25, -0.2) is 0 Å². The van der Waals surface area contributed by atoms with Crippen molar-refractivity contribution < 1.29 is 4.42 Å². The monoisotopic (exact) mass is 941 g/mol. The van der Waals surface area contributed by atoms with Crippen molar-refractivity contribution in [2.45, 2.75) is 110 Å². The Balaban J connectivity index is 1.06. The summed E-state index contributed by atoms with van der Waals surface area (Å²) in [5.41, 5.74) is 20.9. The first-order valence-corrected chi connectivity index (χ1v) is 26.7. The number of nitrogens with zero attached hydrogens (tertiary/aromatic N) is 3. The lowest BCUT2D eigenvalue weighted by atomic mass is 9.33. The molecule has 0 amide bonds. The SMILES string of the molecule is Cc1cc2c3c(c1)N(c1cccc4c1oc1ccccc14)c1cc(N4c5ccc(C(C)(C)C)cc5C5(C)CCCCC45C)ccc1B3c1ccc(C(C)(C)C)cc1N2c1ccc2sc3ccccc3c2c1. The van der Waals surface area contributed by atoms with Crippen molar-refractivity contribution in [3.05, 3.63) is 174 Å². The summed E-state index contributed by atoms with van der Waals surface area (Å²) in [6, 6.07) is 58.5. The molecule has 14 rings (SSSR count). The third-order valence-corrected chi connectivity index (χ3v) is 18.7. The average Bonchev–Trinajstić information content (AvgIpc) is 3.98. The van der Waals surface area contributed by atoms with E-state index in [0.29, 0.717) is 0 Å². The minimum absolute atomic E-state index is 0.00473. The molecular formula is C65H60BN3OS. The van der Waals surface area contributed by atoms with E-state index in [4.69, 9.17) is 4.42 Å². The van der Waals surface area contributed by atoms with Gasteiger partial charge in [0.25, 0.3) is 6.71 Å². The molecule has 350 valence electrons. The van der Waals surface area contributed by atoms with E-state index in [9.17, 15) is 0 Å². The molecule has 2 atom stereocenters. The van der Waals surface area contributed by atoms with Crippen molar-refractivity contribution in [2.24, 2.45) is 0 Å². The number of thiophene rings is 1. The Labute approximate surface area is 422 Å². The van der Waals surface area contributed by atoms with Crippen molar-refractivity contribution in [3.8, 4) is 0 Å². The summed E-state index contributed by atoms with van der Waals surface area (Å²) >= 11 is 1.88. The highest BCUT2D eigenvalue weighted by atomic mass is 32.1. The van der Waals surface area contributed by atoms with Crippen molar-refractivity contribution in [3.63, 3.8) is 0 Å². The molecule has 0 bridgehead atoms. The van der Waals surface area contributed by atoms with E-state index in [1.165, 1.54) is 118 Å². The van der Waals surface area contributed by atoms with E-state index in [1.54, 1.807) is 0 Å². The van der Waals surface area contributed by atoms with E-state index in [0.717, 1.165) is 34.0 Å². The molecule has 1 fully saturated rings. The van der Waals surface area contributed by atoms with Crippen LogP contribution in [0.25, 0.3) is 42.1 Å². The standard InChI is InChI=1S/C65H60BN3OS/c1-39-33-55-60-56(34-39)68(52-20-16-19-46-44-17-10-12-21-57(44)70-61(46)52)54-38-43(69-51-29-24-40(62(2,3)4)35-48(51)64(8)31-14-15-32-65(64,69)9)25-28-50(54)66(60)49-27-23-41(63(5,6)7)36-53(49)67(55)42-26-30-59-47(37-42)45-18-11-13-22-58(45)71-59/h10-13,16-30,33-38H,14-15,31-32H2,1-9H3. The van der Waals surface area contributed by atoms with Crippen LogP contribution in [0.3, 0.4) is 0 Å². The second-order valence-corrected chi connectivity index (χ2v) is 24.8. The smallest absolute Gasteiger partial charge is 0.252 e. The molecule has 0 N–H and O–H groups in total. The Morgan fingerprint density at radius 1 is 0.521 bits per heavy atom. The summed E-state index contributed by atoms with van der Waals surface area (Å²) in [6.45, 7) is 21.5. The first kappa shape index (κ1) is 43.1. The van der Waals surface area contributed by atoms with E-state index < -0.39 is 0 Å². The van der Waals surface area contributed by atoms with E-state index in [-0.39, 0.29) is 28.5 Å². The number of anilines is 8. The molecule has 0 saturated heterocycles. The maximum Gasteiger partial charge on any atom is 0.252 e. The molecule has 2 aromatic heterocycles. The maximum absolute atomic E-state index is 7.01. The molecule has 3 aliphatic heterocycles. The number of para-hydroxylation sites is 2. The molecule has 10 aromatic rings. The zero-order valence-corrected chi connectivity index (χ0v) is 43.3. The molecule has 0 spiro atoms. The minimum Gasteiger partial charge on any atom is -0.454 e. The largest absolute Gasteiger partial charge is 0.454 e. The topological polar surface area (TPSA) is 22.9 Å². The fourth-order valence-corrected chi connectivity index (χ4v) is 14.7. The Bertz CT molecular complexity index is 3900. The lowest BCUT2D eigenvalue weighted by molar-refractivity contribution is 0.195. The maximum atomic E-state index is 7.01. The summed E-state index contributed by atoms with van der Waals surface area (Å²) in [4.78, 5) is 7.94. The summed E-state index contributed by atoms with van der Waals surface area (Å²) in [6.07, 6.45) is 4.81. The lowest BCUT2D eigenvalue weighted by Gasteiger charge is -2.50. The molecule has 2 unspecified atom stereocenters. The molecule has 1 aliphatic carbocycles. The summed E-state index contributed by atoms with van der Waals surface area (Å²) in [7, 11) is 0. The average molecular weight is 942 g/mol. The van der Waals surface area contributed by atoms with Crippen molar-refractivity contribution in [1.29, 1.82) is 0 Å². The second-order valence-electron chi connectivity index (χ2n) is 23.7. The summed E-state index contributed by atoms with van der Waals surface area (Å²) in [5, 5.41) is 4.88. The second kappa shape index (κ2) is 14.7. The van der Waals surface area contributed by atoms with Crippen LogP contribution in [0.15, 0.2) is 156 Å². The van der Waals surface area contributed by atoms with Crippen LogP contribution in [0.4, 0.5) is 45.5 Å². The third-order valence-electron chi connectivity index (χ3n) is 17.5. The molecule has 71 heavy (non-hydrogen) atoms. The first-order chi connectivity index (χ1) is 34.1. The Morgan fingerprint density at radius 2 is 1.17 bits per heavy atom. The third kappa shape index (κ3) is 5.98. The van der Waals surface area contributed by atoms with Gasteiger partial charge in [-0.3, -0.25) is 0 Å². The van der Waals surface area contributed by atoms with Crippen molar-refractivity contribution in [1.82, 2.24) is 0 Å². The van der Waals surface area contributed by atoms with Crippen LogP contribution in [0.2, 0.25) is 0 Å². The number of rotatable bonds is 3. The predicted octanol–water partition coefficient (Wildman–Crippen LogP) is 16.7. The molecule has 4 aliphatic rings. The van der Waals surface area contributed by atoms with Crippen LogP contribution >= 0.6 is 11.3 Å². The fraction of sp³-hybridized carbons (Fsp3) is 0.262. The molecule has 0 radical (unpaired) electrons. The van der Waals surface area contributed by atoms with Gasteiger partial charge in [0.05, 0.1) is 11.2 Å². The van der Waals surface area contributed by atoms with Gasteiger partial charge in [0.2, 0.25) is 0 Å². The van der Waals surface area contributed by atoms with Gasteiger partial charge in [0, 0.05) is 76.2 Å². The molecule has 1 saturated carbocycles. The van der Waals surface area contributed by atoms with E-state index in [2.05, 4.69) is 229 Å². The molecule has 8 aromatic carbocycles. The van der Waals surface area contributed by atoms with Gasteiger partial charge in [-0.05, 0) is 149 Å². The van der Waals surface area contributed by atoms with Gasteiger partial charge < -0.3 is 19.1 Å².